The minimum Gasteiger partial charge on any atom is -0.329 e. The maximum absolute atomic E-state index is 6.16. The predicted octanol–water partition coefficient (Wildman–Crippen LogP) is 4.20. The Morgan fingerprint density at radius 3 is 2.19 bits per heavy atom. The van der Waals surface area contributed by atoms with E-state index in [0.717, 1.165) is 0 Å². The van der Waals surface area contributed by atoms with Crippen LogP contribution in [0.15, 0.2) is 18.2 Å². The van der Waals surface area contributed by atoms with Gasteiger partial charge in [0, 0.05) is 18.6 Å². The Labute approximate surface area is 130 Å². The van der Waals surface area contributed by atoms with Gasteiger partial charge in [0.15, 0.2) is 0 Å². The number of likely N-dealkylation sites (N-methyl/N-ethyl adjacent to an activating group) is 1. The zero-order valence-electron chi connectivity index (χ0n) is 14.4. The van der Waals surface area contributed by atoms with Crippen LogP contribution in [0.2, 0.25) is 0 Å². The van der Waals surface area contributed by atoms with Crippen LogP contribution in [0, 0.1) is 19.3 Å². The molecule has 0 aromatic heterocycles. The lowest BCUT2D eigenvalue weighted by Gasteiger charge is -2.42. The van der Waals surface area contributed by atoms with Gasteiger partial charge in [-0.25, -0.2) is 0 Å². The van der Waals surface area contributed by atoms with Gasteiger partial charge in [0.2, 0.25) is 0 Å². The Balaban J connectivity index is 2.18. The van der Waals surface area contributed by atoms with Gasteiger partial charge >= 0.3 is 0 Å². The van der Waals surface area contributed by atoms with Gasteiger partial charge in [-0.05, 0) is 68.7 Å². The molecule has 0 bridgehead atoms. The van der Waals surface area contributed by atoms with E-state index in [1.54, 1.807) is 0 Å². The van der Waals surface area contributed by atoms with Gasteiger partial charge in [-0.1, -0.05) is 32.0 Å². The van der Waals surface area contributed by atoms with Gasteiger partial charge < -0.3 is 5.73 Å². The average molecular weight is 288 g/mol. The number of rotatable bonds is 4. The second-order valence-corrected chi connectivity index (χ2v) is 7.62. The van der Waals surface area contributed by atoms with Crippen molar-refractivity contribution in [1.82, 2.24) is 4.90 Å². The fourth-order valence-electron chi connectivity index (χ4n) is 3.89. The molecule has 0 heterocycles. The molecule has 1 atom stereocenters. The SMILES string of the molecule is Cc1cccc(C)c1C(CN)N(C)C1CCC(C)(C)CC1. The third-order valence-electron chi connectivity index (χ3n) is 5.47. The Morgan fingerprint density at radius 2 is 1.71 bits per heavy atom. The summed E-state index contributed by atoms with van der Waals surface area (Å²) in [6, 6.07) is 7.58. The van der Waals surface area contributed by atoms with Crippen molar-refractivity contribution in [2.45, 2.75) is 65.5 Å². The Morgan fingerprint density at radius 1 is 1.19 bits per heavy atom. The molecule has 1 fully saturated rings. The lowest BCUT2D eigenvalue weighted by Crippen LogP contribution is -2.42. The van der Waals surface area contributed by atoms with E-state index in [1.165, 1.54) is 42.4 Å². The van der Waals surface area contributed by atoms with E-state index in [0.29, 0.717) is 24.0 Å². The molecule has 1 aromatic rings. The summed E-state index contributed by atoms with van der Waals surface area (Å²) in [5.74, 6) is 0. The zero-order valence-corrected chi connectivity index (χ0v) is 14.4. The van der Waals surface area contributed by atoms with Crippen molar-refractivity contribution in [2.24, 2.45) is 11.1 Å². The quantitative estimate of drug-likeness (QED) is 0.899. The van der Waals surface area contributed by atoms with Crippen molar-refractivity contribution in [3.05, 3.63) is 34.9 Å². The van der Waals surface area contributed by atoms with Crippen molar-refractivity contribution in [1.29, 1.82) is 0 Å². The summed E-state index contributed by atoms with van der Waals surface area (Å²) < 4.78 is 0. The highest BCUT2D eigenvalue weighted by molar-refractivity contribution is 5.36. The number of nitrogens with two attached hydrogens (primary N) is 1. The van der Waals surface area contributed by atoms with Gasteiger partial charge in [-0.3, -0.25) is 4.90 Å². The van der Waals surface area contributed by atoms with Crippen molar-refractivity contribution in [2.75, 3.05) is 13.6 Å². The molecule has 0 saturated heterocycles. The molecule has 1 saturated carbocycles. The zero-order chi connectivity index (χ0) is 15.6. The second-order valence-electron chi connectivity index (χ2n) is 7.62. The van der Waals surface area contributed by atoms with Crippen LogP contribution in [0.4, 0.5) is 0 Å². The minimum absolute atomic E-state index is 0.345. The molecule has 21 heavy (non-hydrogen) atoms. The molecule has 0 amide bonds. The number of hydrogen-bond donors (Lipinski definition) is 1. The van der Waals surface area contributed by atoms with E-state index >= 15 is 0 Å². The summed E-state index contributed by atoms with van der Waals surface area (Å²) >= 11 is 0. The lowest BCUT2D eigenvalue weighted by molar-refractivity contribution is 0.0962. The van der Waals surface area contributed by atoms with E-state index in [1.807, 2.05) is 0 Å². The number of benzene rings is 1. The molecule has 118 valence electrons. The fraction of sp³-hybridized carbons (Fsp3) is 0.684. The number of aryl methyl sites for hydroxylation is 2. The molecule has 1 aliphatic rings. The van der Waals surface area contributed by atoms with E-state index in [-0.39, 0.29) is 0 Å². The molecule has 2 rings (SSSR count). The van der Waals surface area contributed by atoms with Crippen molar-refractivity contribution < 1.29 is 0 Å². The third kappa shape index (κ3) is 3.67. The van der Waals surface area contributed by atoms with Crippen LogP contribution in [0.25, 0.3) is 0 Å². The van der Waals surface area contributed by atoms with E-state index < -0.39 is 0 Å². The molecule has 2 N–H and O–H groups in total. The summed E-state index contributed by atoms with van der Waals surface area (Å²) in [5, 5.41) is 0. The molecule has 0 spiro atoms. The number of hydrogen-bond acceptors (Lipinski definition) is 2. The fourth-order valence-corrected chi connectivity index (χ4v) is 3.89. The Bertz CT molecular complexity index is 448. The van der Waals surface area contributed by atoms with Gasteiger partial charge in [-0.15, -0.1) is 0 Å². The molecule has 1 unspecified atom stereocenters. The highest BCUT2D eigenvalue weighted by atomic mass is 15.2. The predicted molar refractivity (Wildman–Crippen MR) is 91.5 cm³/mol. The highest BCUT2D eigenvalue weighted by Crippen LogP contribution is 2.39. The summed E-state index contributed by atoms with van der Waals surface area (Å²) in [6.45, 7) is 9.91. The molecule has 0 aliphatic heterocycles. The maximum Gasteiger partial charge on any atom is 0.0475 e. The van der Waals surface area contributed by atoms with Crippen LogP contribution in [0.3, 0.4) is 0 Å². The van der Waals surface area contributed by atoms with Crippen LogP contribution >= 0.6 is 0 Å². The van der Waals surface area contributed by atoms with Gasteiger partial charge in [0.25, 0.3) is 0 Å². The monoisotopic (exact) mass is 288 g/mol. The highest BCUT2D eigenvalue weighted by Gasteiger charge is 2.32. The van der Waals surface area contributed by atoms with Crippen LogP contribution in [-0.4, -0.2) is 24.5 Å². The second kappa shape index (κ2) is 6.50. The summed E-state index contributed by atoms with van der Waals surface area (Å²) in [5.41, 5.74) is 10.9. The van der Waals surface area contributed by atoms with Crippen molar-refractivity contribution >= 4 is 0 Å². The smallest absolute Gasteiger partial charge is 0.0475 e. The largest absolute Gasteiger partial charge is 0.329 e. The van der Waals surface area contributed by atoms with Crippen LogP contribution in [0.1, 0.15) is 62.3 Å². The average Bonchev–Trinajstić information content (AvgIpc) is 2.42. The number of nitrogens with zero attached hydrogens (tertiary/aromatic N) is 1. The van der Waals surface area contributed by atoms with Crippen molar-refractivity contribution in [3.8, 4) is 0 Å². The van der Waals surface area contributed by atoms with E-state index in [4.69, 9.17) is 5.73 Å². The topological polar surface area (TPSA) is 29.3 Å². The normalized spacial score (nSPS) is 20.7. The molecule has 1 aliphatic carbocycles. The summed E-state index contributed by atoms with van der Waals surface area (Å²) in [4.78, 5) is 2.55. The molecule has 2 heteroatoms. The van der Waals surface area contributed by atoms with Crippen LogP contribution in [-0.2, 0) is 0 Å². The lowest BCUT2D eigenvalue weighted by atomic mass is 9.75. The standard InChI is InChI=1S/C19H32N2/c1-14-7-6-8-15(2)18(14)17(13-20)21(5)16-9-11-19(3,4)12-10-16/h6-8,16-17H,9-13,20H2,1-5H3. The Hall–Kier alpha value is -0.860. The third-order valence-corrected chi connectivity index (χ3v) is 5.47. The maximum atomic E-state index is 6.16. The van der Waals surface area contributed by atoms with E-state index in [9.17, 15) is 0 Å². The summed E-state index contributed by atoms with van der Waals surface area (Å²) in [7, 11) is 2.27. The first kappa shape index (κ1) is 16.5. The molecular formula is C19H32N2. The molecule has 2 nitrogen and oxygen atoms in total. The van der Waals surface area contributed by atoms with E-state index in [2.05, 4.69) is 57.8 Å². The van der Waals surface area contributed by atoms with Crippen LogP contribution < -0.4 is 5.73 Å². The molecule has 0 radical (unpaired) electrons. The van der Waals surface area contributed by atoms with Crippen LogP contribution in [0.5, 0.6) is 0 Å². The van der Waals surface area contributed by atoms with Crippen molar-refractivity contribution in [3.63, 3.8) is 0 Å². The first-order chi connectivity index (χ1) is 9.85. The first-order valence-electron chi connectivity index (χ1n) is 8.34. The van der Waals surface area contributed by atoms with Gasteiger partial charge in [0.1, 0.15) is 0 Å². The Kier molecular flexibility index (Phi) is 5.11. The first-order valence-corrected chi connectivity index (χ1v) is 8.34. The molecule has 1 aromatic carbocycles. The van der Waals surface area contributed by atoms with Gasteiger partial charge in [-0.2, -0.15) is 0 Å². The minimum atomic E-state index is 0.345. The van der Waals surface area contributed by atoms with Gasteiger partial charge in [0.05, 0.1) is 0 Å². The summed E-state index contributed by atoms with van der Waals surface area (Å²) in [6.07, 6.45) is 5.24. The molecular weight excluding hydrogens is 256 g/mol.